The SMILES string of the molecule is Cc1ccc2ncnc(Oc3cccc(-n4cncn4)c3)c2c1. The summed E-state index contributed by atoms with van der Waals surface area (Å²) in [6.07, 6.45) is 4.64. The van der Waals surface area contributed by atoms with Gasteiger partial charge < -0.3 is 4.74 Å². The van der Waals surface area contributed by atoms with Crippen LogP contribution in [-0.4, -0.2) is 24.7 Å². The van der Waals surface area contributed by atoms with Crippen LogP contribution in [0, 0.1) is 6.92 Å². The van der Waals surface area contributed by atoms with Crippen molar-refractivity contribution in [3.63, 3.8) is 0 Å². The fourth-order valence-electron chi connectivity index (χ4n) is 2.37. The second-order valence-electron chi connectivity index (χ2n) is 5.14. The fraction of sp³-hybridized carbons (Fsp3) is 0.0588. The quantitative estimate of drug-likeness (QED) is 0.581. The molecule has 0 radical (unpaired) electrons. The smallest absolute Gasteiger partial charge is 0.230 e. The van der Waals surface area contributed by atoms with E-state index in [1.165, 1.54) is 12.7 Å². The van der Waals surface area contributed by atoms with Gasteiger partial charge in [-0.25, -0.2) is 19.6 Å². The number of nitrogens with zero attached hydrogens (tertiary/aromatic N) is 5. The first-order chi connectivity index (χ1) is 11.3. The Kier molecular flexibility index (Phi) is 3.20. The highest BCUT2D eigenvalue weighted by molar-refractivity contribution is 5.84. The van der Waals surface area contributed by atoms with Gasteiger partial charge in [-0.3, -0.25) is 0 Å². The first-order valence-electron chi connectivity index (χ1n) is 7.14. The van der Waals surface area contributed by atoms with E-state index < -0.39 is 0 Å². The minimum atomic E-state index is 0.537. The van der Waals surface area contributed by atoms with Gasteiger partial charge in [0.25, 0.3) is 0 Å². The molecule has 2 aromatic heterocycles. The van der Waals surface area contributed by atoms with E-state index >= 15 is 0 Å². The van der Waals surface area contributed by atoms with Crippen molar-refractivity contribution in [2.24, 2.45) is 0 Å². The van der Waals surface area contributed by atoms with E-state index in [9.17, 15) is 0 Å². The van der Waals surface area contributed by atoms with Gasteiger partial charge in [0.1, 0.15) is 24.7 Å². The molecule has 0 saturated carbocycles. The lowest BCUT2D eigenvalue weighted by molar-refractivity contribution is 0.467. The van der Waals surface area contributed by atoms with Crippen LogP contribution in [-0.2, 0) is 0 Å². The molecule has 23 heavy (non-hydrogen) atoms. The average Bonchev–Trinajstić information content (AvgIpc) is 3.10. The lowest BCUT2D eigenvalue weighted by Crippen LogP contribution is -1.96. The molecule has 0 aliphatic carbocycles. The van der Waals surface area contributed by atoms with E-state index in [-0.39, 0.29) is 0 Å². The van der Waals surface area contributed by atoms with Gasteiger partial charge in [0.05, 0.1) is 16.6 Å². The van der Waals surface area contributed by atoms with E-state index in [0.29, 0.717) is 11.6 Å². The molecule has 112 valence electrons. The zero-order valence-electron chi connectivity index (χ0n) is 12.4. The summed E-state index contributed by atoms with van der Waals surface area (Å²) in [7, 11) is 0. The summed E-state index contributed by atoms with van der Waals surface area (Å²) in [4.78, 5) is 12.5. The Balaban J connectivity index is 1.74. The number of aromatic nitrogens is 5. The van der Waals surface area contributed by atoms with Gasteiger partial charge in [-0.1, -0.05) is 17.7 Å². The van der Waals surface area contributed by atoms with Gasteiger partial charge in [0, 0.05) is 6.07 Å². The molecule has 4 rings (SSSR count). The summed E-state index contributed by atoms with van der Waals surface area (Å²) < 4.78 is 7.65. The molecule has 6 heteroatoms. The molecule has 2 heterocycles. The van der Waals surface area contributed by atoms with E-state index in [0.717, 1.165) is 22.2 Å². The van der Waals surface area contributed by atoms with Gasteiger partial charge >= 0.3 is 0 Å². The number of fused-ring (bicyclic) bond motifs is 1. The number of ether oxygens (including phenoxy) is 1. The molecule has 0 fully saturated rings. The van der Waals surface area contributed by atoms with Crippen LogP contribution in [0.4, 0.5) is 0 Å². The molecule has 0 saturated heterocycles. The largest absolute Gasteiger partial charge is 0.438 e. The zero-order chi connectivity index (χ0) is 15.6. The summed E-state index contributed by atoms with van der Waals surface area (Å²) in [6.45, 7) is 2.03. The molecule has 0 spiro atoms. The third-order valence-corrected chi connectivity index (χ3v) is 3.47. The van der Waals surface area contributed by atoms with Crippen molar-refractivity contribution in [1.29, 1.82) is 0 Å². The molecule has 0 bridgehead atoms. The summed E-state index contributed by atoms with van der Waals surface area (Å²) in [5.74, 6) is 1.22. The van der Waals surface area contributed by atoms with E-state index in [4.69, 9.17) is 4.74 Å². The summed E-state index contributed by atoms with van der Waals surface area (Å²) in [6, 6.07) is 13.6. The molecule has 0 amide bonds. The topological polar surface area (TPSA) is 65.7 Å². The lowest BCUT2D eigenvalue weighted by Gasteiger charge is -2.09. The molecule has 0 aliphatic rings. The summed E-state index contributed by atoms with van der Waals surface area (Å²) in [5.41, 5.74) is 2.86. The van der Waals surface area contributed by atoms with Gasteiger partial charge in [-0.15, -0.1) is 0 Å². The van der Waals surface area contributed by atoms with Gasteiger partial charge in [0.2, 0.25) is 5.88 Å². The van der Waals surface area contributed by atoms with Crippen molar-refractivity contribution in [3.8, 4) is 17.3 Å². The molecule has 6 nitrogen and oxygen atoms in total. The normalized spacial score (nSPS) is 10.8. The second kappa shape index (κ2) is 5.49. The van der Waals surface area contributed by atoms with Crippen molar-refractivity contribution >= 4 is 10.9 Å². The lowest BCUT2D eigenvalue weighted by atomic mass is 10.2. The number of rotatable bonds is 3. The average molecular weight is 303 g/mol. The first kappa shape index (κ1) is 13.4. The van der Waals surface area contributed by atoms with Crippen LogP contribution in [0.3, 0.4) is 0 Å². The highest BCUT2D eigenvalue weighted by Crippen LogP contribution is 2.28. The number of hydrogen-bond donors (Lipinski definition) is 0. The van der Waals surface area contributed by atoms with Crippen molar-refractivity contribution < 1.29 is 4.74 Å². The third kappa shape index (κ3) is 2.62. The summed E-state index contributed by atoms with van der Waals surface area (Å²) in [5, 5.41) is 5.01. The second-order valence-corrected chi connectivity index (χ2v) is 5.14. The minimum Gasteiger partial charge on any atom is -0.438 e. The molecule has 2 aromatic carbocycles. The van der Waals surface area contributed by atoms with Crippen LogP contribution in [0.2, 0.25) is 0 Å². The molecular weight excluding hydrogens is 290 g/mol. The van der Waals surface area contributed by atoms with Crippen LogP contribution < -0.4 is 4.74 Å². The highest BCUT2D eigenvalue weighted by atomic mass is 16.5. The van der Waals surface area contributed by atoms with Crippen LogP contribution in [0.25, 0.3) is 16.6 Å². The maximum atomic E-state index is 5.97. The Hall–Kier alpha value is -3.28. The molecule has 4 aromatic rings. The van der Waals surface area contributed by atoms with E-state index in [2.05, 4.69) is 20.1 Å². The monoisotopic (exact) mass is 303 g/mol. The first-order valence-corrected chi connectivity index (χ1v) is 7.14. The van der Waals surface area contributed by atoms with Gasteiger partial charge in [-0.2, -0.15) is 5.10 Å². The van der Waals surface area contributed by atoms with Crippen molar-refractivity contribution in [1.82, 2.24) is 24.7 Å². The maximum Gasteiger partial charge on any atom is 0.230 e. The number of hydrogen-bond acceptors (Lipinski definition) is 5. The van der Waals surface area contributed by atoms with Crippen LogP contribution in [0.5, 0.6) is 11.6 Å². The Morgan fingerprint density at radius 2 is 1.96 bits per heavy atom. The number of benzene rings is 2. The predicted molar refractivity (Wildman–Crippen MR) is 85.7 cm³/mol. The Morgan fingerprint density at radius 3 is 2.83 bits per heavy atom. The number of aryl methyl sites for hydroxylation is 1. The van der Waals surface area contributed by atoms with Crippen LogP contribution in [0.15, 0.2) is 61.4 Å². The van der Waals surface area contributed by atoms with E-state index in [1.807, 2.05) is 49.4 Å². The van der Waals surface area contributed by atoms with Crippen LogP contribution >= 0.6 is 0 Å². The molecule has 0 unspecified atom stereocenters. The van der Waals surface area contributed by atoms with Crippen LogP contribution in [0.1, 0.15) is 5.56 Å². The van der Waals surface area contributed by atoms with Crippen molar-refractivity contribution in [2.75, 3.05) is 0 Å². The zero-order valence-corrected chi connectivity index (χ0v) is 12.4. The molecular formula is C17H13N5O. The molecule has 0 N–H and O–H groups in total. The van der Waals surface area contributed by atoms with Crippen molar-refractivity contribution in [3.05, 3.63) is 67.0 Å². The maximum absolute atomic E-state index is 5.97. The molecule has 0 aliphatic heterocycles. The standard InChI is InChI=1S/C17H13N5O/c1-12-5-6-16-15(7-12)17(20-10-19-16)23-14-4-2-3-13(8-14)22-11-18-9-21-22/h2-11H,1H3. The minimum absolute atomic E-state index is 0.537. The summed E-state index contributed by atoms with van der Waals surface area (Å²) >= 11 is 0. The van der Waals surface area contributed by atoms with E-state index in [1.54, 1.807) is 11.0 Å². The molecule has 0 atom stereocenters. The predicted octanol–water partition coefficient (Wildman–Crippen LogP) is 3.31. The Labute approximate surface area is 132 Å². The Morgan fingerprint density at radius 1 is 1.00 bits per heavy atom. The van der Waals surface area contributed by atoms with Gasteiger partial charge in [-0.05, 0) is 31.2 Å². The van der Waals surface area contributed by atoms with Crippen molar-refractivity contribution in [2.45, 2.75) is 6.92 Å². The fourth-order valence-corrected chi connectivity index (χ4v) is 2.37. The highest BCUT2D eigenvalue weighted by Gasteiger charge is 2.07. The van der Waals surface area contributed by atoms with Gasteiger partial charge in [0.15, 0.2) is 0 Å². The Bertz CT molecular complexity index is 966. The third-order valence-electron chi connectivity index (χ3n) is 3.47.